The summed E-state index contributed by atoms with van der Waals surface area (Å²) in [5, 5.41) is 6.29. The number of amides is 1. The first kappa shape index (κ1) is 14.1. The predicted molar refractivity (Wildman–Crippen MR) is 75.8 cm³/mol. The van der Waals surface area contributed by atoms with E-state index in [0.717, 1.165) is 5.56 Å². The topological polar surface area (TPSA) is 64.4 Å². The summed E-state index contributed by atoms with van der Waals surface area (Å²) in [6.07, 6.45) is 1.41. The van der Waals surface area contributed by atoms with Crippen molar-refractivity contribution < 1.29 is 14.1 Å². The highest BCUT2D eigenvalue weighted by atomic mass is 16.5. The smallest absolute Gasteiger partial charge is 0.266 e. The highest BCUT2D eigenvalue weighted by Crippen LogP contribution is 2.19. The zero-order valence-electron chi connectivity index (χ0n) is 11.8. The Morgan fingerprint density at radius 3 is 2.75 bits per heavy atom. The molecule has 0 aliphatic carbocycles. The van der Waals surface area contributed by atoms with Gasteiger partial charge in [-0.2, -0.15) is 0 Å². The molecular formula is C15H18N2O3. The minimum absolute atomic E-state index is 0.236. The molecule has 1 amide bonds. The largest absolute Gasteiger partial charge is 0.481 e. The molecule has 1 heterocycles. The van der Waals surface area contributed by atoms with Crippen LogP contribution in [-0.4, -0.2) is 17.2 Å². The van der Waals surface area contributed by atoms with Crippen molar-refractivity contribution in [3.63, 3.8) is 0 Å². The summed E-state index contributed by atoms with van der Waals surface area (Å²) in [5.41, 5.74) is 2.33. The molecular weight excluding hydrogens is 256 g/mol. The van der Waals surface area contributed by atoms with Crippen LogP contribution in [0.4, 0.5) is 5.82 Å². The molecule has 1 atom stereocenters. The van der Waals surface area contributed by atoms with E-state index in [1.165, 1.54) is 11.8 Å². The van der Waals surface area contributed by atoms with Gasteiger partial charge in [-0.15, -0.1) is 0 Å². The molecule has 1 N–H and O–H groups in total. The number of hydrogen-bond acceptors (Lipinski definition) is 4. The maximum atomic E-state index is 12.1. The van der Waals surface area contributed by atoms with Gasteiger partial charge in [-0.1, -0.05) is 18.1 Å². The maximum absolute atomic E-state index is 12.1. The van der Waals surface area contributed by atoms with Crippen LogP contribution in [0.5, 0.6) is 5.75 Å². The first-order valence-corrected chi connectivity index (χ1v) is 6.55. The van der Waals surface area contributed by atoms with Gasteiger partial charge in [0.15, 0.2) is 11.9 Å². The number of ether oxygens (including phenoxy) is 1. The highest BCUT2D eigenvalue weighted by molar-refractivity contribution is 5.93. The monoisotopic (exact) mass is 274 g/mol. The molecule has 0 fully saturated rings. The summed E-state index contributed by atoms with van der Waals surface area (Å²) in [4.78, 5) is 12.1. The van der Waals surface area contributed by atoms with Gasteiger partial charge < -0.3 is 14.6 Å². The van der Waals surface area contributed by atoms with Crippen molar-refractivity contribution in [3.05, 3.63) is 41.7 Å². The normalized spacial score (nSPS) is 11.9. The van der Waals surface area contributed by atoms with E-state index < -0.39 is 6.10 Å². The molecule has 0 radical (unpaired) electrons. The lowest BCUT2D eigenvalue weighted by molar-refractivity contribution is -0.122. The average molecular weight is 274 g/mol. The summed E-state index contributed by atoms with van der Waals surface area (Å²) in [5.74, 6) is 0.840. The summed E-state index contributed by atoms with van der Waals surface area (Å²) >= 11 is 0. The quantitative estimate of drug-likeness (QED) is 0.910. The first-order chi connectivity index (χ1) is 9.60. The van der Waals surface area contributed by atoms with E-state index in [2.05, 4.69) is 15.0 Å². The lowest BCUT2D eigenvalue weighted by atomic mass is 10.1. The van der Waals surface area contributed by atoms with Crippen molar-refractivity contribution in [2.24, 2.45) is 0 Å². The van der Waals surface area contributed by atoms with Gasteiger partial charge in [0, 0.05) is 6.07 Å². The van der Waals surface area contributed by atoms with Crippen molar-refractivity contribution in [1.82, 2.24) is 5.16 Å². The van der Waals surface area contributed by atoms with E-state index in [9.17, 15) is 4.79 Å². The maximum Gasteiger partial charge on any atom is 0.266 e. The van der Waals surface area contributed by atoms with Crippen LogP contribution in [0, 0.1) is 13.8 Å². The van der Waals surface area contributed by atoms with Gasteiger partial charge in [0.2, 0.25) is 0 Å². The molecule has 5 heteroatoms. The average Bonchev–Trinajstić information content (AvgIpc) is 2.92. The van der Waals surface area contributed by atoms with E-state index in [1.807, 2.05) is 39.0 Å². The summed E-state index contributed by atoms with van der Waals surface area (Å²) in [6, 6.07) is 7.36. The predicted octanol–water partition coefficient (Wildman–Crippen LogP) is 3.09. The fourth-order valence-corrected chi connectivity index (χ4v) is 1.76. The van der Waals surface area contributed by atoms with E-state index in [-0.39, 0.29) is 5.91 Å². The minimum Gasteiger partial charge on any atom is -0.481 e. The number of nitrogens with zero attached hydrogens (tertiary/aromatic N) is 1. The van der Waals surface area contributed by atoms with Gasteiger partial charge in [0.1, 0.15) is 12.0 Å². The summed E-state index contributed by atoms with van der Waals surface area (Å²) in [7, 11) is 0. The van der Waals surface area contributed by atoms with Crippen LogP contribution in [0.15, 0.2) is 35.1 Å². The third-order valence-corrected chi connectivity index (χ3v) is 3.11. The lowest BCUT2D eigenvalue weighted by Crippen LogP contribution is -2.32. The van der Waals surface area contributed by atoms with Crippen LogP contribution in [0.2, 0.25) is 0 Å². The molecule has 0 spiro atoms. The number of anilines is 1. The molecule has 5 nitrogen and oxygen atoms in total. The Labute approximate surface area is 117 Å². The Hall–Kier alpha value is -2.30. The van der Waals surface area contributed by atoms with Gasteiger partial charge >= 0.3 is 0 Å². The fourth-order valence-electron chi connectivity index (χ4n) is 1.76. The molecule has 106 valence electrons. The number of carbonyl (C=O) groups is 1. The van der Waals surface area contributed by atoms with Crippen LogP contribution >= 0.6 is 0 Å². The molecule has 0 bridgehead atoms. The van der Waals surface area contributed by atoms with Crippen molar-refractivity contribution in [2.45, 2.75) is 33.3 Å². The Bertz CT molecular complexity index is 579. The Morgan fingerprint density at radius 1 is 1.35 bits per heavy atom. The zero-order chi connectivity index (χ0) is 14.5. The van der Waals surface area contributed by atoms with Gasteiger partial charge in [0.05, 0.1) is 0 Å². The zero-order valence-corrected chi connectivity index (χ0v) is 11.8. The SMILES string of the molecule is CCC(Oc1ccc(C)c(C)c1)C(=O)Nc1ccon1. The molecule has 2 aromatic rings. The number of carbonyl (C=O) groups excluding carboxylic acids is 1. The van der Waals surface area contributed by atoms with E-state index >= 15 is 0 Å². The molecule has 1 aromatic carbocycles. The molecule has 0 aliphatic heterocycles. The third-order valence-electron chi connectivity index (χ3n) is 3.11. The molecule has 20 heavy (non-hydrogen) atoms. The van der Waals surface area contributed by atoms with Gasteiger partial charge in [-0.25, -0.2) is 0 Å². The van der Waals surface area contributed by atoms with Gasteiger partial charge in [0.25, 0.3) is 5.91 Å². The highest BCUT2D eigenvalue weighted by Gasteiger charge is 2.19. The summed E-state index contributed by atoms with van der Waals surface area (Å²) < 4.78 is 10.4. The summed E-state index contributed by atoms with van der Waals surface area (Å²) in [6.45, 7) is 5.94. The number of rotatable bonds is 5. The Balaban J connectivity index is 2.04. The van der Waals surface area contributed by atoms with Crippen LogP contribution in [0.1, 0.15) is 24.5 Å². The van der Waals surface area contributed by atoms with Crippen molar-refractivity contribution in [1.29, 1.82) is 0 Å². The number of hydrogen-bond donors (Lipinski definition) is 1. The van der Waals surface area contributed by atoms with Gasteiger partial charge in [-0.05, 0) is 43.5 Å². The lowest BCUT2D eigenvalue weighted by Gasteiger charge is -2.17. The van der Waals surface area contributed by atoms with Crippen LogP contribution in [-0.2, 0) is 4.79 Å². The molecule has 1 unspecified atom stereocenters. The van der Waals surface area contributed by atoms with E-state index in [1.54, 1.807) is 6.07 Å². The van der Waals surface area contributed by atoms with Crippen LogP contribution < -0.4 is 10.1 Å². The molecule has 0 saturated heterocycles. The van der Waals surface area contributed by atoms with Crippen molar-refractivity contribution in [3.8, 4) is 5.75 Å². The van der Waals surface area contributed by atoms with Crippen LogP contribution in [0.3, 0.4) is 0 Å². The number of nitrogens with one attached hydrogen (secondary N) is 1. The van der Waals surface area contributed by atoms with E-state index in [4.69, 9.17) is 4.74 Å². The fraction of sp³-hybridized carbons (Fsp3) is 0.333. The standard InChI is InChI=1S/C15H18N2O3/c1-4-13(15(18)16-14-7-8-19-17-14)20-12-6-5-10(2)11(3)9-12/h5-9,13H,4H2,1-3H3,(H,16,17,18). The second-order valence-electron chi connectivity index (χ2n) is 4.63. The number of benzene rings is 1. The number of aryl methyl sites for hydroxylation is 2. The molecule has 0 aliphatic rings. The van der Waals surface area contributed by atoms with Crippen LogP contribution in [0.25, 0.3) is 0 Å². The molecule has 1 aromatic heterocycles. The second kappa shape index (κ2) is 6.23. The van der Waals surface area contributed by atoms with E-state index in [0.29, 0.717) is 18.0 Å². The Kier molecular flexibility index (Phi) is 4.40. The molecule has 2 rings (SSSR count). The molecule has 0 saturated carbocycles. The first-order valence-electron chi connectivity index (χ1n) is 6.55. The Morgan fingerprint density at radius 2 is 2.15 bits per heavy atom. The second-order valence-corrected chi connectivity index (χ2v) is 4.63. The minimum atomic E-state index is -0.561. The van der Waals surface area contributed by atoms with Gasteiger partial charge in [-0.3, -0.25) is 4.79 Å². The third kappa shape index (κ3) is 3.38. The van der Waals surface area contributed by atoms with Crippen molar-refractivity contribution in [2.75, 3.05) is 5.32 Å². The number of aromatic nitrogens is 1. The van der Waals surface area contributed by atoms with Crippen molar-refractivity contribution >= 4 is 11.7 Å².